The predicted octanol–water partition coefficient (Wildman–Crippen LogP) is 2.21. The minimum Gasteiger partial charge on any atom is -0.481 e. The zero-order valence-electron chi connectivity index (χ0n) is 11.2. The van der Waals surface area contributed by atoms with Crippen LogP contribution in [0.5, 0.6) is 0 Å². The number of nitrogens with zero attached hydrogens (tertiary/aromatic N) is 1. The average molecular weight is 279 g/mol. The molecule has 1 fully saturated rings. The summed E-state index contributed by atoms with van der Waals surface area (Å²) in [5, 5.41) is 8.59. The molecule has 1 atom stereocenters. The van der Waals surface area contributed by atoms with Crippen LogP contribution in [0.15, 0.2) is 0 Å². The SMILES string of the molecule is CC(C)(C)OC(=O)N1CC(C(CC(=O)O)C(F)F)C1. The van der Waals surface area contributed by atoms with Crippen LogP contribution in [0.2, 0.25) is 0 Å². The summed E-state index contributed by atoms with van der Waals surface area (Å²) in [6.07, 6.45) is -3.82. The Morgan fingerprint density at radius 2 is 1.89 bits per heavy atom. The number of carboxylic acids is 1. The molecule has 0 spiro atoms. The lowest BCUT2D eigenvalue weighted by Gasteiger charge is -2.42. The van der Waals surface area contributed by atoms with Gasteiger partial charge in [-0.15, -0.1) is 0 Å². The number of carbonyl (C=O) groups is 2. The van der Waals surface area contributed by atoms with E-state index in [0.29, 0.717) is 0 Å². The molecule has 1 N–H and O–H groups in total. The van der Waals surface area contributed by atoms with E-state index in [0.717, 1.165) is 0 Å². The van der Waals surface area contributed by atoms with Crippen molar-refractivity contribution in [1.82, 2.24) is 4.90 Å². The summed E-state index contributed by atoms with van der Waals surface area (Å²) >= 11 is 0. The number of likely N-dealkylation sites (tertiary alicyclic amines) is 1. The summed E-state index contributed by atoms with van der Waals surface area (Å²) in [6, 6.07) is 0. The molecule has 1 amide bonds. The summed E-state index contributed by atoms with van der Waals surface area (Å²) in [5.74, 6) is -2.94. The summed E-state index contributed by atoms with van der Waals surface area (Å²) in [5.41, 5.74) is -0.634. The molecule has 1 rings (SSSR count). The van der Waals surface area contributed by atoms with Gasteiger partial charge in [0, 0.05) is 24.9 Å². The van der Waals surface area contributed by atoms with Crippen LogP contribution < -0.4 is 0 Å². The Kier molecular flexibility index (Phi) is 4.70. The molecule has 0 aliphatic carbocycles. The van der Waals surface area contributed by atoms with Crippen molar-refractivity contribution in [1.29, 1.82) is 0 Å². The third-order valence-electron chi connectivity index (χ3n) is 2.90. The molecule has 0 aromatic heterocycles. The van der Waals surface area contributed by atoms with E-state index in [1.807, 2.05) is 0 Å². The first-order valence-corrected chi connectivity index (χ1v) is 6.08. The Morgan fingerprint density at radius 3 is 2.26 bits per heavy atom. The molecule has 1 heterocycles. The molecular weight excluding hydrogens is 260 g/mol. The highest BCUT2D eigenvalue weighted by atomic mass is 19.3. The van der Waals surface area contributed by atoms with Crippen molar-refractivity contribution >= 4 is 12.1 Å². The van der Waals surface area contributed by atoms with Gasteiger partial charge in [-0.05, 0) is 20.8 Å². The first-order valence-electron chi connectivity index (χ1n) is 6.08. The fraction of sp³-hybridized carbons (Fsp3) is 0.833. The van der Waals surface area contributed by atoms with Gasteiger partial charge in [0.2, 0.25) is 6.43 Å². The molecular formula is C12H19F2NO4. The highest BCUT2D eigenvalue weighted by molar-refractivity contribution is 5.69. The maximum atomic E-state index is 12.7. The van der Waals surface area contributed by atoms with Gasteiger partial charge >= 0.3 is 12.1 Å². The third kappa shape index (κ3) is 4.65. The van der Waals surface area contributed by atoms with Crippen LogP contribution in [0.3, 0.4) is 0 Å². The monoisotopic (exact) mass is 279 g/mol. The maximum absolute atomic E-state index is 12.7. The van der Waals surface area contributed by atoms with Crippen molar-refractivity contribution in [2.24, 2.45) is 11.8 Å². The van der Waals surface area contributed by atoms with Gasteiger partial charge in [0.25, 0.3) is 0 Å². The Balaban J connectivity index is 2.47. The van der Waals surface area contributed by atoms with E-state index in [4.69, 9.17) is 9.84 Å². The fourth-order valence-electron chi connectivity index (χ4n) is 1.92. The smallest absolute Gasteiger partial charge is 0.410 e. The largest absolute Gasteiger partial charge is 0.481 e. The molecule has 1 aliphatic rings. The molecule has 19 heavy (non-hydrogen) atoms. The van der Waals surface area contributed by atoms with Crippen molar-refractivity contribution in [3.8, 4) is 0 Å². The van der Waals surface area contributed by atoms with Crippen molar-refractivity contribution < 1.29 is 28.2 Å². The second-order valence-electron chi connectivity index (χ2n) is 5.74. The lowest BCUT2D eigenvalue weighted by atomic mass is 9.84. The lowest BCUT2D eigenvalue weighted by Crippen LogP contribution is -2.55. The Labute approximate surface area is 110 Å². The van der Waals surface area contributed by atoms with E-state index in [1.54, 1.807) is 20.8 Å². The van der Waals surface area contributed by atoms with Gasteiger partial charge in [-0.25, -0.2) is 13.6 Å². The zero-order chi connectivity index (χ0) is 14.8. The van der Waals surface area contributed by atoms with Crippen LogP contribution in [-0.4, -0.2) is 47.2 Å². The molecule has 0 saturated carbocycles. The molecule has 0 aromatic rings. The standard InChI is InChI=1S/C12H19F2NO4/c1-12(2,3)19-11(18)15-5-7(6-15)8(10(13)14)4-9(16)17/h7-8,10H,4-6H2,1-3H3,(H,16,17). The number of aliphatic carboxylic acids is 1. The van der Waals surface area contributed by atoms with Crippen LogP contribution in [-0.2, 0) is 9.53 Å². The van der Waals surface area contributed by atoms with E-state index in [1.165, 1.54) is 4.90 Å². The quantitative estimate of drug-likeness (QED) is 0.856. The molecule has 1 saturated heterocycles. The number of hydrogen-bond acceptors (Lipinski definition) is 3. The predicted molar refractivity (Wildman–Crippen MR) is 63.0 cm³/mol. The number of amides is 1. The van der Waals surface area contributed by atoms with Crippen LogP contribution >= 0.6 is 0 Å². The molecule has 1 aliphatic heterocycles. The van der Waals surface area contributed by atoms with E-state index in [2.05, 4.69) is 0 Å². The lowest BCUT2D eigenvalue weighted by molar-refractivity contribution is -0.141. The van der Waals surface area contributed by atoms with Gasteiger partial charge in [-0.2, -0.15) is 0 Å². The number of alkyl halides is 2. The topological polar surface area (TPSA) is 66.8 Å². The van der Waals surface area contributed by atoms with Crippen LogP contribution in [0, 0.1) is 11.8 Å². The summed E-state index contributed by atoms with van der Waals surface area (Å²) < 4.78 is 30.6. The van der Waals surface area contributed by atoms with Crippen molar-refractivity contribution in [2.45, 2.75) is 39.2 Å². The van der Waals surface area contributed by atoms with Crippen LogP contribution in [0.1, 0.15) is 27.2 Å². The first-order chi connectivity index (χ1) is 8.60. The van der Waals surface area contributed by atoms with Crippen molar-refractivity contribution in [2.75, 3.05) is 13.1 Å². The molecule has 1 unspecified atom stereocenters. The Bertz CT molecular complexity index is 348. The first kappa shape index (κ1) is 15.7. The maximum Gasteiger partial charge on any atom is 0.410 e. The second kappa shape index (κ2) is 5.71. The zero-order valence-corrected chi connectivity index (χ0v) is 11.2. The summed E-state index contributed by atoms with van der Waals surface area (Å²) in [6.45, 7) is 5.39. The normalized spacial score (nSPS) is 18.1. The molecule has 7 heteroatoms. The van der Waals surface area contributed by atoms with Gasteiger partial charge in [0.1, 0.15) is 5.60 Å². The number of hydrogen-bond donors (Lipinski definition) is 1. The average Bonchev–Trinajstić information content (AvgIpc) is 2.09. The van der Waals surface area contributed by atoms with Crippen LogP contribution in [0.4, 0.5) is 13.6 Å². The highest BCUT2D eigenvalue weighted by Gasteiger charge is 2.42. The Morgan fingerprint density at radius 1 is 1.37 bits per heavy atom. The van der Waals surface area contributed by atoms with Gasteiger partial charge in [0.15, 0.2) is 0 Å². The number of carbonyl (C=O) groups excluding carboxylic acids is 1. The number of ether oxygens (including phenoxy) is 1. The van der Waals surface area contributed by atoms with Crippen molar-refractivity contribution in [3.63, 3.8) is 0 Å². The molecule has 5 nitrogen and oxygen atoms in total. The third-order valence-corrected chi connectivity index (χ3v) is 2.90. The number of halogens is 2. The molecule has 110 valence electrons. The van der Waals surface area contributed by atoms with Gasteiger partial charge in [0.05, 0.1) is 6.42 Å². The highest BCUT2D eigenvalue weighted by Crippen LogP contribution is 2.32. The van der Waals surface area contributed by atoms with E-state index in [9.17, 15) is 18.4 Å². The van der Waals surface area contributed by atoms with E-state index >= 15 is 0 Å². The Hall–Kier alpha value is -1.40. The number of rotatable bonds is 4. The summed E-state index contributed by atoms with van der Waals surface area (Å²) in [4.78, 5) is 23.4. The van der Waals surface area contributed by atoms with Crippen LogP contribution in [0.25, 0.3) is 0 Å². The molecule has 0 bridgehead atoms. The van der Waals surface area contributed by atoms with E-state index < -0.39 is 42.3 Å². The molecule has 0 aromatic carbocycles. The fourth-order valence-corrected chi connectivity index (χ4v) is 1.92. The van der Waals surface area contributed by atoms with E-state index in [-0.39, 0.29) is 13.1 Å². The van der Waals surface area contributed by atoms with Gasteiger partial charge in [-0.1, -0.05) is 0 Å². The van der Waals surface area contributed by atoms with Crippen molar-refractivity contribution in [3.05, 3.63) is 0 Å². The van der Waals surface area contributed by atoms with Gasteiger partial charge in [-0.3, -0.25) is 4.79 Å². The minimum atomic E-state index is -2.69. The van der Waals surface area contributed by atoms with Gasteiger partial charge < -0.3 is 14.7 Å². The minimum absolute atomic E-state index is 0.122. The summed E-state index contributed by atoms with van der Waals surface area (Å²) in [7, 11) is 0. The molecule has 0 radical (unpaired) electrons. The number of carboxylic acid groups (broad SMARTS) is 1. The second-order valence-corrected chi connectivity index (χ2v) is 5.74.